The molecule has 0 spiro atoms. The molecule has 3 heterocycles. The molecule has 0 aliphatic rings. The summed E-state index contributed by atoms with van der Waals surface area (Å²) in [7, 11) is 0. The minimum Gasteiger partial charge on any atom is -0.456 e. The van der Waals surface area contributed by atoms with E-state index < -0.39 is 0 Å². The van der Waals surface area contributed by atoms with Gasteiger partial charge in [-0.2, -0.15) is 0 Å². The summed E-state index contributed by atoms with van der Waals surface area (Å²) in [5, 5.41) is 6.77. The van der Waals surface area contributed by atoms with Crippen molar-refractivity contribution >= 4 is 127 Å². The third-order valence-corrected chi connectivity index (χ3v) is 14.9. The van der Waals surface area contributed by atoms with Gasteiger partial charge in [-0.3, -0.25) is 0 Å². The van der Waals surface area contributed by atoms with Crippen molar-refractivity contribution in [2.75, 3.05) is 14.7 Å². The Kier molecular flexibility index (Phi) is 9.96. The Hall–Kier alpha value is -9.36. The quantitative estimate of drug-likeness (QED) is 0.137. The molecule has 72 heavy (non-hydrogen) atoms. The zero-order chi connectivity index (χ0) is 47.5. The number of nitrogens with zero attached hydrogens (tertiary/aromatic N) is 3. The molecule has 5 nitrogen and oxygen atoms in total. The molecule has 0 saturated carbocycles. The van der Waals surface area contributed by atoms with Gasteiger partial charge >= 0.3 is 0 Å². The average Bonchev–Trinajstić information content (AvgIpc) is 4.13. The van der Waals surface area contributed by atoms with Crippen LogP contribution in [0.15, 0.2) is 270 Å². The van der Waals surface area contributed by atoms with E-state index in [9.17, 15) is 0 Å². The monoisotopic (exact) mass is 941 g/mol. The minimum absolute atomic E-state index is 0.814. The molecule has 14 aromatic rings. The van der Waals surface area contributed by atoms with Crippen molar-refractivity contribution in [1.29, 1.82) is 0 Å². The van der Waals surface area contributed by atoms with Gasteiger partial charge in [0.25, 0.3) is 0 Å². The van der Waals surface area contributed by atoms with Crippen molar-refractivity contribution in [2.45, 2.75) is 0 Å². The number of thiophene rings is 1. The first-order chi connectivity index (χ1) is 35.7. The van der Waals surface area contributed by atoms with Gasteiger partial charge in [0.05, 0.1) is 0 Å². The topological polar surface area (TPSA) is 36.0 Å². The van der Waals surface area contributed by atoms with E-state index in [1.165, 1.54) is 20.2 Å². The van der Waals surface area contributed by atoms with E-state index in [2.05, 4.69) is 263 Å². The number of rotatable bonds is 10. The Bertz CT molecular complexity index is 4000. The zero-order valence-corrected chi connectivity index (χ0v) is 39.7. The lowest BCUT2D eigenvalue weighted by molar-refractivity contribution is 0.668. The van der Waals surface area contributed by atoms with Gasteiger partial charge in [0.1, 0.15) is 22.3 Å². The van der Waals surface area contributed by atoms with Crippen LogP contribution in [0.4, 0.5) is 51.2 Å². The van der Waals surface area contributed by atoms with Crippen LogP contribution in [0.25, 0.3) is 75.2 Å². The van der Waals surface area contributed by atoms with Crippen LogP contribution in [0.3, 0.4) is 0 Å². The second-order valence-electron chi connectivity index (χ2n) is 18.1. The second kappa shape index (κ2) is 17.2. The summed E-state index contributed by atoms with van der Waals surface area (Å²) >= 11 is 1.83. The summed E-state index contributed by atoms with van der Waals surface area (Å²) < 4.78 is 15.7. The van der Waals surface area contributed by atoms with Gasteiger partial charge in [-0.05, 0) is 151 Å². The van der Waals surface area contributed by atoms with E-state index in [-0.39, 0.29) is 0 Å². The minimum atomic E-state index is 0.814. The maximum atomic E-state index is 6.84. The maximum Gasteiger partial charge on any atom is 0.137 e. The maximum absolute atomic E-state index is 6.84. The number of furan rings is 2. The van der Waals surface area contributed by atoms with E-state index in [1.54, 1.807) is 0 Å². The molecule has 0 aliphatic carbocycles. The predicted octanol–water partition coefficient (Wildman–Crippen LogP) is 19.9. The molecule has 11 aromatic carbocycles. The molecule has 3 aromatic heterocycles. The summed E-state index contributed by atoms with van der Waals surface area (Å²) in [5.41, 5.74) is 15.0. The highest BCUT2D eigenvalue weighted by Gasteiger charge is 2.22. The smallest absolute Gasteiger partial charge is 0.137 e. The number of fused-ring (bicyclic) bond motifs is 9. The SMILES string of the molecule is c1ccc(N(c2ccccc2)c2cc(-c3ccc4oc5cc(N(c6ccc7oc8ccccc8c7c6)c6ccc7sc8ccccc8c7c6)ccc5c4c3)cc(N(c3ccccc3)c3ccccc3)c2)cc1. The molecule has 0 atom stereocenters. The Labute approximate surface area is 419 Å². The van der Waals surface area contributed by atoms with Crippen molar-refractivity contribution in [3.8, 4) is 11.1 Å². The summed E-state index contributed by atoms with van der Waals surface area (Å²) in [6.07, 6.45) is 0. The molecule has 0 amide bonds. The van der Waals surface area contributed by atoms with E-state index in [1.807, 2.05) is 23.5 Å². The van der Waals surface area contributed by atoms with Gasteiger partial charge < -0.3 is 23.5 Å². The molecule has 6 heteroatoms. The third-order valence-electron chi connectivity index (χ3n) is 13.8. The normalized spacial score (nSPS) is 11.6. The van der Waals surface area contributed by atoms with Crippen LogP contribution in [-0.2, 0) is 0 Å². The van der Waals surface area contributed by atoms with E-state index in [0.717, 1.165) is 106 Å². The first-order valence-electron chi connectivity index (χ1n) is 24.2. The number of para-hydroxylation sites is 5. The van der Waals surface area contributed by atoms with Gasteiger partial charge in [-0.1, -0.05) is 115 Å². The molecule has 0 fully saturated rings. The fourth-order valence-electron chi connectivity index (χ4n) is 10.5. The van der Waals surface area contributed by atoms with Crippen LogP contribution in [0.1, 0.15) is 0 Å². The molecular weight excluding hydrogens is 899 g/mol. The van der Waals surface area contributed by atoms with E-state index >= 15 is 0 Å². The predicted molar refractivity (Wildman–Crippen MR) is 303 cm³/mol. The van der Waals surface area contributed by atoms with Crippen molar-refractivity contribution in [2.24, 2.45) is 0 Å². The molecule has 0 radical (unpaired) electrons. The second-order valence-corrected chi connectivity index (χ2v) is 19.2. The largest absolute Gasteiger partial charge is 0.456 e. The number of hydrogen-bond acceptors (Lipinski definition) is 6. The Morgan fingerprint density at radius 2 is 0.653 bits per heavy atom. The van der Waals surface area contributed by atoms with Crippen molar-refractivity contribution in [3.05, 3.63) is 261 Å². The highest BCUT2D eigenvalue weighted by molar-refractivity contribution is 7.25. The molecule has 0 N–H and O–H groups in total. The van der Waals surface area contributed by atoms with Gasteiger partial charge in [0.2, 0.25) is 0 Å². The lowest BCUT2D eigenvalue weighted by Gasteiger charge is -2.30. The van der Waals surface area contributed by atoms with Crippen LogP contribution in [0.2, 0.25) is 0 Å². The number of anilines is 9. The third kappa shape index (κ3) is 7.24. The van der Waals surface area contributed by atoms with Crippen LogP contribution in [0, 0.1) is 0 Å². The van der Waals surface area contributed by atoms with Gasteiger partial charge in [0.15, 0.2) is 0 Å². The number of hydrogen-bond donors (Lipinski definition) is 0. The molecule has 14 rings (SSSR count). The standard InChI is InChI=1S/C66H43N3O2S/c1-5-17-46(18-6-1)67(47-19-7-2-8-20-47)53-37-45(38-54(40-53)68(48-21-9-3-10-22-48)49-23-11-4-12-24-49)44-29-34-62-58(39-44)56-33-30-52(43-64(56)71-62)69(50-31-35-63-59(41-50)55-25-13-15-27-61(55)70-63)51-32-36-66-60(42-51)57-26-14-16-28-65(57)72-66/h1-43H. The van der Waals surface area contributed by atoms with Crippen LogP contribution < -0.4 is 14.7 Å². The molecular formula is C66H43N3O2S. The fourth-order valence-corrected chi connectivity index (χ4v) is 11.5. The zero-order valence-electron chi connectivity index (χ0n) is 38.9. The number of benzene rings is 11. The first-order valence-corrected chi connectivity index (χ1v) is 25.0. The molecule has 0 aliphatic heterocycles. The molecule has 0 saturated heterocycles. The first kappa shape index (κ1) is 41.6. The Morgan fingerprint density at radius 3 is 1.29 bits per heavy atom. The summed E-state index contributed by atoms with van der Waals surface area (Å²) in [5.74, 6) is 0. The van der Waals surface area contributed by atoms with Crippen molar-refractivity contribution < 1.29 is 8.83 Å². The van der Waals surface area contributed by atoms with Gasteiger partial charge in [-0.15, -0.1) is 11.3 Å². The molecule has 0 unspecified atom stereocenters. The summed E-state index contributed by atoms with van der Waals surface area (Å²) in [4.78, 5) is 7.02. The Morgan fingerprint density at radius 1 is 0.222 bits per heavy atom. The fraction of sp³-hybridized carbons (Fsp3) is 0. The summed E-state index contributed by atoms with van der Waals surface area (Å²) in [6.45, 7) is 0. The summed E-state index contributed by atoms with van der Waals surface area (Å²) in [6, 6.07) is 92.9. The van der Waals surface area contributed by atoms with E-state index in [0.29, 0.717) is 0 Å². The van der Waals surface area contributed by atoms with Gasteiger partial charge in [-0.25, -0.2) is 0 Å². The van der Waals surface area contributed by atoms with Crippen molar-refractivity contribution in [1.82, 2.24) is 0 Å². The lowest BCUT2D eigenvalue weighted by Crippen LogP contribution is -2.13. The highest BCUT2D eigenvalue weighted by Crippen LogP contribution is 2.46. The Balaban J connectivity index is 0.934. The van der Waals surface area contributed by atoms with Crippen LogP contribution >= 0.6 is 11.3 Å². The van der Waals surface area contributed by atoms with Crippen LogP contribution in [0.5, 0.6) is 0 Å². The lowest BCUT2D eigenvalue weighted by atomic mass is 10.00. The molecule has 0 bridgehead atoms. The molecule has 340 valence electrons. The van der Waals surface area contributed by atoms with E-state index in [4.69, 9.17) is 8.83 Å². The van der Waals surface area contributed by atoms with Crippen molar-refractivity contribution in [3.63, 3.8) is 0 Å². The average molecular weight is 942 g/mol. The highest BCUT2D eigenvalue weighted by atomic mass is 32.1. The van der Waals surface area contributed by atoms with Gasteiger partial charge in [0, 0.05) is 99.0 Å². The van der Waals surface area contributed by atoms with Crippen LogP contribution in [-0.4, -0.2) is 0 Å².